The number of hydrogen-bond donors (Lipinski definition) is 1. The minimum absolute atomic E-state index is 0.0651. The van der Waals surface area contributed by atoms with Crippen LogP contribution in [0.5, 0.6) is 0 Å². The van der Waals surface area contributed by atoms with Crippen LogP contribution in [0.25, 0.3) is 0 Å². The SMILES string of the molecule is CCCCCCCC[C@H](N)C(F)(F)F. The highest BCUT2D eigenvalue weighted by molar-refractivity contribution is 4.69. The summed E-state index contributed by atoms with van der Waals surface area (Å²) in [7, 11) is 0. The van der Waals surface area contributed by atoms with Crippen LogP contribution in [0.2, 0.25) is 0 Å². The standard InChI is InChI=1S/C10H20F3N/c1-2-3-4-5-6-7-8-9(14)10(11,12)13/h9H,2-8,14H2,1H3/t9-/m0/s1. The van der Waals surface area contributed by atoms with E-state index in [-0.39, 0.29) is 6.42 Å². The van der Waals surface area contributed by atoms with E-state index in [1.165, 1.54) is 6.42 Å². The van der Waals surface area contributed by atoms with E-state index in [0.29, 0.717) is 6.42 Å². The molecule has 86 valence electrons. The summed E-state index contributed by atoms with van der Waals surface area (Å²) >= 11 is 0. The average molecular weight is 211 g/mol. The Labute approximate surface area is 83.9 Å². The van der Waals surface area contributed by atoms with Gasteiger partial charge in [0.1, 0.15) is 6.04 Å². The minimum atomic E-state index is -4.22. The molecule has 1 nitrogen and oxygen atoms in total. The largest absolute Gasteiger partial charge is 0.403 e. The van der Waals surface area contributed by atoms with E-state index in [1.54, 1.807) is 0 Å². The average Bonchev–Trinajstić information content (AvgIpc) is 2.09. The third-order valence-electron chi connectivity index (χ3n) is 2.29. The second-order valence-corrected chi connectivity index (χ2v) is 3.70. The maximum atomic E-state index is 12.0. The summed E-state index contributed by atoms with van der Waals surface area (Å²) in [4.78, 5) is 0. The molecule has 0 rings (SSSR count). The van der Waals surface area contributed by atoms with Crippen LogP contribution < -0.4 is 5.73 Å². The summed E-state index contributed by atoms with van der Waals surface area (Å²) in [5.41, 5.74) is 4.97. The van der Waals surface area contributed by atoms with E-state index in [9.17, 15) is 13.2 Å². The summed E-state index contributed by atoms with van der Waals surface area (Å²) in [6.07, 6.45) is 1.77. The molecule has 0 heterocycles. The lowest BCUT2D eigenvalue weighted by molar-refractivity contribution is -0.149. The molecule has 0 aromatic carbocycles. The van der Waals surface area contributed by atoms with Gasteiger partial charge in [0, 0.05) is 0 Å². The summed E-state index contributed by atoms with van der Waals surface area (Å²) in [6.45, 7) is 2.11. The first kappa shape index (κ1) is 13.8. The number of hydrogen-bond acceptors (Lipinski definition) is 1. The predicted octanol–water partition coefficient (Wildman–Crippen LogP) is 3.63. The maximum Gasteiger partial charge on any atom is 0.403 e. The highest BCUT2D eigenvalue weighted by atomic mass is 19.4. The Bertz CT molecular complexity index is 134. The lowest BCUT2D eigenvalue weighted by atomic mass is 10.1. The van der Waals surface area contributed by atoms with Crippen LogP contribution in [0.3, 0.4) is 0 Å². The number of halogens is 3. The lowest BCUT2D eigenvalue weighted by Crippen LogP contribution is -2.37. The molecule has 14 heavy (non-hydrogen) atoms. The van der Waals surface area contributed by atoms with Gasteiger partial charge >= 0.3 is 6.18 Å². The molecular formula is C10H20F3N. The van der Waals surface area contributed by atoms with Crippen LogP contribution in [0.4, 0.5) is 13.2 Å². The van der Waals surface area contributed by atoms with Crippen LogP contribution in [0.1, 0.15) is 51.9 Å². The van der Waals surface area contributed by atoms with Crippen molar-refractivity contribution in [3.63, 3.8) is 0 Å². The van der Waals surface area contributed by atoms with E-state index in [4.69, 9.17) is 5.73 Å². The summed E-state index contributed by atoms with van der Waals surface area (Å²) in [5.74, 6) is 0. The van der Waals surface area contributed by atoms with Crippen LogP contribution in [0.15, 0.2) is 0 Å². The third-order valence-corrected chi connectivity index (χ3v) is 2.29. The van der Waals surface area contributed by atoms with Crippen molar-refractivity contribution in [2.45, 2.75) is 64.1 Å². The number of unbranched alkanes of at least 4 members (excludes halogenated alkanes) is 5. The fraction of sp³-hybridized carbons (Fsp3) is 1.00. The van der Waals surface area contributed by atoms with Crippen molar-refractivity contribution in [3.8, 4) is 0 Å². The molecule has 0 spiro atoms. The highest BCUT2D eigenvalue weighted by Crippen LogP contribution is 2.22. The van der Waals surface area contributed by atoms with Crippen molar-refractivity contribution in [3.05, 3.63) is 0 Å². The lowest BCUT2D eigenvalue weighted by Gasteiger charge is -2.14. The first-order valence-corrected chi connectivity index (χ1v) is 5.30. The van der Waals surface area contributed by atoms with Gasteiger partial charge in [0.15, 0.2) is 0 Å². The number of alkyl halides is 3. The smallest absolute Gasteiger partial charge is 0.320 e. The van der Waals surface area contributed by atoms with Gasteiger partial charge in [0.25, 0.3) is 0 Å². The second-order valence-electron chi connectivity index (χ2n) is 3.70. The zero-order chi connectivity index (χ0) is 11.0. The van der Waals surface area contributed by atoms with Gasteiger partial charge in [0.05, 0.1) is 0 Å². The van der Waals surface area contributed by atoms with E-state index < -0.39 is 12.2 Å². The van der Waals surface area contributed by atoms with Crippen LogP contribution in [-0.4, -0.2) is 12.2 Å². The van der Waals surface area contributed by atoms with E-state index >= 15 is 0 Å². The van der Waals surface area contributed by atoms with Crippen LogP contribution in [0, 0.1) is 0 Å². The van der Waals surface area contributed by atoms with E-state index in [0.717, 1.165) is 25.7 Å². The fourth-order valence-electron chi connectivity index (χ4n) is 1.31. The third kappa shape index (κ3) is 7.18. The molecule has 2 N–H and O–H groups in total. The number of nitrogens with two attached hydrogens (primary N) is 1. The van der Waals surface area contributed by atoms with Crippen molar-refractivity contribution in [2.75, 3.05) is 0 Å². The Morgan fingerprint density at radius 3 is 2.00 bits per heavy atom. The first-order valence-electron chi connectivity index (χ1n) is 5.30. The summed E-state index contributed by atoms with van der Waals surface area (Å²) in [6, 6.07) is -1.63. The monoisotopic (exact) mass is 211 g/mol. The molecule has 0 aromatic heterocycles. The summed E-state index contributed by atoms with van der Waals surface area (Å²) in [5, 5.41) is 0. The first-order chi connectivity index (χ1) is 6.48. The van der Waals surface area contributed by atoms with Gasteiger partial charge < -0.3 is 5.73 Å². The Hall–Kier alpha value is -0.250. The van der Waals surface area contributed by atoms with Crippen molar-refractivity contribution in [1.82, 2.24) is 0 Å². The molecule has 0 unspecified atom stereocenters. The fourth-order valence-corrected chi connectivity index (χ4v) is 1.31. The minimum Gasteiger partial charge on any atom is -0.320 e. The van der Waals surface area contributed by atoms with Crippen LogP contribution in [-0.2, 0) is 0 Å². The van der Waals surface area contributed by atoms with Gasteiger partial charge in [0.2, 0.25) is 0 Å². The normalized spacial score (nSPS) is 14.4. The summed E-state index contributed by atoms with van der Waals surface area (Å²) < 4.78 is 35.9. The molecule has 0 radical (unpaired) electrons. The Morgan fingerprint density at radius 2 is 1.50 bits per heavy atom. The second kappa shape index (κ2) is 7.10. The van der Waals surface area contributed by atoms with Crippen molar-refractivity contribution in [1.29, 1.82) is 0 Å². The molecule has 0 fully saturated rings. The van der Waals surface area contributed by atoms with Gasteiger partial charge in [-0.3, -0.25) is 0 Å². The molecule has 0 saturated heterocycles. The van der Waals surface area contributed by atoms with Gasteiger partial charge in [-0.25, -0.2) is 0 Å². The van der Waals surface area contributed by atoms with Crippen molar-refractivity contribution < 1.29 is 13.2 Å². The zero-order valence-electron chi connectivity index (χ0n) is 8.74. The molecule has 0 aliphatic carbocycles. The van der Waals surface area contributed by atoms with Gasteiger partial charge in [-0.05, 0) is 6.42 Å². The molecule has 0 bridgehead atoms. The van der Waals surface area contributed by atoms with Gasteiger partial charge in [-0.2, -0.15) is 13.2 Å². The molecule has 1 atom stereocenters. The van der Waals surface area contributed by atoms with Gasteiger partial charge in [-0.1, -0.05) is 45.4 Å². The number of rotatable bonds is 7. The molecular weight excluding hydrogens is 191 g/mol. The van der Waals surface area contributed by atoms with Crippen molar-refractivity contribution in [2.24, 2.45) is 5.73 Å². The van der Waals surface area contributed by atoms with Crippen LogP contribution >= 0.6 is 0 Å². The zero-order valence-corrected chi connectivity index (χ0v) is 8.74. The molecule has 0 aliphatic heterocycles. The highest BCUT2D eigenvalue weighted by Gasteiger charge is 2.35. The Morgan fingerprint density at radius 1 is 1.00 bits per heavy atom. The van der Waals surface area contributed by atoms with Crippen molar-refractivity contribution >= 4 is 0 Å². The Kier molecular flexibility index (Phi) is 6.97. The Balaban J connectivity index is 3.28. The van der Waals surface area contributed by atoms with Gasteiger partial charge in [-0.15, -0.1) is 0 Å². The molecule has 4 heteroatoms. The predicted molar refractivity (Wildman–Crippen MR) is 52.0 cm³/mol. The topological polar surface area (TPSA) is 26.0 Å². The van der Waals surface area contributed by atoms with E-state index in [2.05, 4.69) is 6.92 Å². The maximum absolute atomic E-state index is 12.0. The molecule has 0 aromatic rings. The molecule has 0 amide bonds. The molecule has 0 aliphatic rings. The molecule has 0 saturated carbocycles. The quantitative estimate of drug-likeness (QED) is 0.639. The van der Waals surface area contributed by atoms with E-state index in [1.807, 2.05) is 0 Å².